The van der Waals surface area contributed by atoms with E-state index in [2.05, 4.69) is 0 Å². The van der Waals surface area contributed by atoms with E-state index >= 15 is 0 Å². The second kappa shape index (κ2) is 8.23. The van der Waals surface area contributed by atoms with Crippen molar-refractivity contribution in [3.63, 3.8) is 0 Å². The van der Waals surface area contributed by atoms with Crippen molar-refractivity contribution in [3.8, 4) is 0 Å². The van der Waals surface area contributed by atoms with Crippen molar-refractivity contribution in [1.29, 1.82) is 0 Å². The molecular weight excluding hydrogens is 386 g/mol. The zero-order valence-corrected chi connectivity index (χ0v) is 16.9. The van der Waals surface area contributed by atoms with E-state index < -0.39 is 47.1 Å². The molecule has 2 aliphatic rings. The molecule has 1 N–H and O–H groups in total. The molecule has 0 aromatic heterocycles. The quantitative estimate of drug-likeness (QED) is 0.517. The van der Waals surface area contributed by atoms with E-state index in [-0.39, 0.29) is 13.2 Å². The first-order valence-electron chi connectivity index (χ1n) is 9.23. The summed E-state index contributed by atoms with van der Waals surface area (Å²) in [5, 5.41) is 22.1. The van der Waals surface area contributed by atoms with E-state index in [1.807, 2.05) is 30.3 Å². The van der Waals surface area contributed by atoms with E-state index in [1.165, 1.54) is 14.2 Å². The Bertz CT molecular complexity index is 719. The molecule has 0 spiro atoms. The van der Waals surface area contributed by atoms with Crippen molar-refractivity contribution in [2.45, 2.75) is 56.1 Å². The highest BCUT2D eigenvalue weighted by Gasteiger charge is 2.66. The van der Waals surface area contributed by atoms with Crippen LogP contribution in [0.4, 0.5) is 0 Å². The third-order valence-electron chi connectivity index (χ3n) is 5.57. The van der Waals surface area contributed by atoms with Gasteiger partial charge in [0.15, 0.2) is 11.9 Å². The highest BCUT2D eigenvalue weighted by atomic mass is 16.8. The SMILES string of the molecule is CO[C@@]1(C)O[C@@H]2[C@H](OCc3ccccc3)OC[C@](O)(C[N+](=O)[O-])[C@H]2O[C@]1(C)OC. The number of nitrogens with zero attached hydrogens (tertiary/aromatic N) is 1. The summed E-state index contributed by atoms with van der Waals surface area (Å²) in [6, 6.07) is 9.43. The summed E-state index contributed by atoms with van der Waals surface area (Å²) in [5.41, 5.74) is -1.03. The van der Waals surface area contributed by atoms with E-state index in [0.29, 0.717) is 0 Å². The maximum absolute atomic E-state index is 11.2. The summed E-state index contributed by atoms with van der Waals surface area (Å²) in [4.78, 5) is 10.5. The zero-order valence-electron chi connectivity index (χ0n) is 16.9. The minimum Gasteiger partial charge on any atom is -0.378 e. The number of rotatable bonds is 7. The number of hydrogen-bond donors (Lipinski definition) is 1. The smallest absolute Gasteiger partial charge is 0.237 e. The molecule has 6 atom stereocenters. The van der Waals surface area contributed by atoms with Crippen molar-refractivity contribution < 1.29 is 38.5 Å². The van der Waals surface area contributed by atoms with Gasteiger partial charge in [0.25, 0.3) is 0 Å². The molecule has 1 aromatic carbocycles. The topological polar surface area (TPSA) is 119 Å². The number of aliphatic hydroxyl groups is 1. The molecule has 162 valence electrons. The van der Waals surface area contributed by atoms with Gasteiger partial charge in [0.1, 0.15) is 12.2 Å². The molecular formula is C19H27NO9. The van der Waals surface area contributed by atoms with Gasteiger partial charge >= 0.3 is 0 Å². The molecule has 3 rings (SSSR count). The molecule has 1 aromatic rings. The van der Waals surface area contributed by atoms with Crippen molar-refractivity contribution >= 4 is 0 Å². The Kier molecular flexibility index (Phi) is 6.25. The maximum atomic E-state index is 11.2. The Morgan fingerprint density at radius 1 is 1.17 bits per heavy atom. The average molecular weight is 413 g/mol. The van der Waals surface area contributed by atoms with Crippen molar-refractivity contribution in [2.75, 3.05) is 27.4 Å². The number of benzene rings is 1. The Balaban J connectivity index is 1.88. The Labute approximate surface area is 168 Å². The van der Waals surface area contributed by atoms with Gasteiger partial charge < -0.3 is 33.5 Å². The predicted octanol–water partition coefficient (Wildman–Crippen LogP) is 1.08. The fourth-order valence-corrected chi connectivity index (χ4v) is 3.58. The van der Waals surface area contributed by atoms with E-state index in [0.717, 1.165) is 5.56 Å². The average Bonchev–Trinajstić information content (AvgIpc) is 2.69. The molecule has 10 heteroatoms. The Morgan fingerprint density at radius 2 is 1.79 bits per heavy atom. The van der Waals surface area contributed by atoms with Crippen LogP contribution in [-0.2, 0) is 35.0 Å². The summed E-state index contributed by atoms with van der Waals surface area (Å²) in [6.07, 6.45) is -3.08. The second-order valence-electron chi connectivity index (χ2n) is 7.49. The first-order valence-corrected chi connectivity index (χ1v) is 9.23. The number of methoxy groups -OCH3 is 2. The normalized spacial score (nSPS) is 39.7. The Morgan fingerprint density at radius 3 is 2.38 bits per heavy atom. The molecule has 2 saturated heterocycles. The minimum absolute atomic E-state index is 0.219. The molecule has 0 radical (unpaired) electrons. The molecule has 2 heterocycles. The van der Waals surface area contributed by atoms with Gasteiger partial charge in [0.2, 0.25) is 18.1 Å². The maximum Gasteiger partial charge on any atom is 0.237 e. The summed E-state index contributed by atoms with van der Waals surface area (Å²) in [6.45, 7) is 2.27. The molecule has 10 nitrogen and oxygen atoms in total. The Hall–Kier alpha value is -1.66. The highest BCUT2D eigenvalue weighted by molar-refractivity contribution is 5.13. The molecule has 0 bridgehead atoms. The number of nitro groups is 1. The van der Waals surface area contributed by atoms with Crippen LogP contribution in [0.1, 0.15) is 19.4 Å². The summed E-state index contributed by atoms with van der Waals surface area (Å²) < 4.78 is 34.6. The minimum atomic E-state index is -1.93. The van der Waals surface area contributed by atoms with Gasteiger partial charge in [-0.1, -0.05) is 30.3 Å². The predicted molar refractivity (Wildman–Crippen MR) is 98.4 cm³/mol. The van der Waals surface area contributed by atoms with Crippen LogP contribution in [0.2, 0.25) is 0 Å². The summed E-state index contributed by atoms with van der Waals surface area (Å²) >= 11 is 0. The van der Waals surface area contributed by atoms with Crippen molar-refractivity contribution in [1.82, 2.24) is 0 Å². The van der Waals surface area contributed by atoms with Gasteiger partial charge in [-0.15, -0.1) is 0 Å². The summed E-state index contributed by atoms with van der Waals surface area (Å²) in [5.74, 6) is -2.82. The van der Waals surface area contributed by atoms with Gasteiger partial charge in [-0.05, 0) is 19.4 Å². The van der Waals surface area contributed by atoms with Crippen LogP contribution in [0.5, 0.6) is 0 Å². The van der Waals surface area contributed by atoms with Gasteiger partial charge in [0, 0.05) is 19.1 Å². The molecule has 0 aliphatic carbocycles. The van der Waals surface area contributed by atoms with Crippen LogP contribution >= 0.6 is 0 Å². The standard InChI is InChI=1S/C19H27NO9/c1-17(24-3)18(2,25-4)29-15-14(28-17)16(26-10-13-8-6-5-7-9-13)27-12-19(15,21)11-20(22)23/h5-9,14-16,21H,10-12H2,1-4H3/t14-,15-,16+,17-,18-,19+/m0/s1. The second-order valence-corrected chi connectivity index (χ2v) is 7.49. The lowest BCUT2D eigenvalue weighted by Crippen LogP contribution is -2.75. The van der Waals surface area contributed by atoms with Gasteiger partial charge in [-0.2, -0.15) is 0 Å². The lowest BCUT2D eigenvalue weighted by molar-refractivity contribution is -0.535. The number of hydrogen-bond acceptors (Lipinski definition) is 9. The fraction of sp³-hybridized carbons (Fsp3) is 0.684. The third kappa shape index (κ3) is 4.15. The van der Waals surface area contributed by atoms with Crippen LogP contribution in [0.25, 0.3) is 0 Å². The highest BCUT2D eigenvalue weighted by Crippen LogP contribution is 2.45. The monoisotopic (exact) mass is 413 g/mol. The first kappa shape index (κ1) is 22.0. The van der Waals surface area contributed by atoms with E-state index in [1.54, 1.807) is 13.8 Å². The molecule has 2 aliphatic heterocycles. The van der Waals surface area contributed by atoms with Crippen molar-refractivity contribution in [2.24, 2.45) is 0 Å². The largest absolute Gasteiger partial charge is 0.378 e. The number of fused-ring (bicyclic) bond motifs is 1. The van der Waals surface area contributed by atoms with Crippen molar-refractivity contribution in [3.05, 3.63) is 46.0 Å². The van der Waals surface area contributed by atoms with Gasteiger partial charge in [-0.25, -0.2) is 0 Å². The van der Waals surface area contributed by atoms with Crippen LogP contribution < -0.4 is 0 Å². The molecule has 2 fully saturated rings. The zero-order chi connectivity index (χ0) is 21.3. The van der Waals surface area contributed by atoms with Crippen LogP contribution in [0.3, 0.4) is 0 Å². The lowest BCUT2D eigenvalue weighted by atomic mass is 9.87. The molecule has 0 unspecified atom stereocenters. The summed E-state index contributed by atoms with van der Waals surface area (Å²) in [7, 11) is 2.82. The van der Waals surface area contributed by atoms with Crippen LogP contribution in [0.15, 0.2) is 30.3 Å². The fourth-order valence-electron chi connectivity index (χ4n) is 3.58. The van der Waals surface area contributed by atoms with E-state index in [4.69, 9.17) is 28.4 Å². The first-order chi connectivity index (χ1) is 13.7. The van der Waals surface area contributed by atoms with E-state index in [9.17, 15) is 15.2 Å². The van der Waals surface area contributed by atoms with Crippen LogP contribution in [0, 0.1) is 10.1 Å². The molecule has 0 amide bonds. The number of ether oxygens (including phenoxy) is 6. The molecule has 0 saturated carbocycles. The molecule has 29 heavy (non-hydrogen) atoms. The van der Waals surface area contributed by atoms with Gasteiger partial charge in [0.05, 0.1) is 13.2 Å². The van der Waals surface area contributed by atoms with Crippen LogP contribution in [-0.4, -0.2) is 73.1 Å². The van der Waals surface area contributed by atoms with Gasteiger partial charge in [-0.3, -0.25) is 10.1 Å². The lowest BCUT2D eigenvalue weighted by Gasteiger charge is -2.57. The third-order valence-corrected chi connectivity index (χ3v) is 5.57.